The first kappa shape index (κ1) is 12.3. The number of hydrogen-bond donors (Lipinski definition) is 1. The molecule has 0 aliphatic heterocycles. The highest BCUT2D eigenvalue weighted by atomic mass is 16.4. The van der Waals surface area contributed by atoms with Crippen molar-refractivity contribution in [3.8, 4) is 11.1 Å². The van der Waals surface area contributed by atoms with Crippen molar-refractivity contribution in [3.05, 3.63) is 42.0 Å². The number of carbonyl (C=O) groups is 1. The van der Waals surface area contributed by atoms with Gasteiger partial charge in [0.15, 0.2) is 11.5 Å². The van der Waals surface area contributed by atoms with Gasteiger partial charge in [-0.15, -0.1) is 0 Å². The van der Waals surface area contributed by atoms with Crippen LogP contribution in [0.1, 0.15) is 23.2 Å². The van der Waals surface area contributed by atoms with E-state index in [1.807, 2.05) is 25.1 Å². The summed E-state index contributed by atoms with van der Waals surface area (Å²) in [4.78, 5) is 19.9. The van der Waals surface area contributed by atoms with E-state index in [0.717, 1.165) is 16.8 Å². The van der Waals surface area contributed by atoms with E-state index < -0.39 is 0 Å². The molecule has 0 spiro atoms. The van der Waals surface area contributed by atoms with Gasteiger partial charge in [-0.25, -0.2) is 4.98 Å². The normalized spacial score (nSPS) is 10.9. The van der Waals surface area contributed by atoms with Crippen LogP contribution in [-0.4, -0.2) is 15.8 Å². The first-order valence-electron chi connectivity index (χ1n) is 6.19. The minimum Gasteiger partial charge on any atom is -0.432 e. The smallest absolute Gasteiger partial charge is 0.229 e. The molecule has 2 N–H and O–H groups in total. The van der Waals surface area contributed by atoms with Crippen LogP contribution in [-0.2, 0) is 0 Å². The van der Waals surface area contributed by atoms with Crippen LogP contribution in [0.4, 0.5) is 5.69 Å². The SMILES string of the molecule is CC(=O)c1oc2nc(C)c(-c3ccncc3)cc2c1N. The third-order valence-electron chi connectivity index (χ3n) is 3.22. The molecule has 0 amide bonds. The summed E-state index contributed by atoms with van der Waals surface area (Å²) in [7, 11) is 0. The van der Waals surface area contributed by atoms with Gasteiger partial charge >= 0.3 is 0 Å². The number of anilines is 1. The molecule has 0 radical (unpaired) electrons. The number of fused-ring (bicyclic) bond motifs is 1. The Balaban J connectivity index is 2.28. The van der Waals surface area contributed by atoms with Gasteiger partial charge in [0, 0.05) is 30.6 Å². The predicted octanol–water partition coefficient (Wildman–Crippen LogP) is 2.98. The Morgan fingerprint density at radius 3 is 2.65 bits per heavy atom. The largest absolute Gasteiger partial charge is 0.432 e. The van der Waals surface area contributed by atoms with Crippen molar-refractivity contribution < 1.29 is 9.21 Å². The molecule has 0 unspecified atom stereocenters. The van der Waals surface area contributed by atoms with E-state index in [0.29, 0.717) is 16.8 Å². The van der Waals surface area contributed by atoms with Gasteiger partial charge in [0.25, 0.3) is 0 Å². The molecule has 0 bridgehead atoms. The van der Waals surface area contributed by atoms with Crippen molar-refractivity contribution in [2.45, 2.75) is 13.8 Å². The Kier molecular flexibility index (Phi) is 2.75. The lowest BCUT2D eigenvalue weighted by Crippen LogP contribution is -1.95. The molecule has 5 nitrogen and oxygen atoms in total. The van der Waals surface area contributed by atoms with E-state index in [9.17, 15) is 4.79 Å². The zero-order valence-corrected chi connectivity index (χ0v) is 11.2. The van der Waals surface area contributed by atoms with E-state index in [4.69, 9.17) is 10.2 Å². The molecular formula is C15H13N3O2. The van der Waals surface area contributed by atoms with Crippen LogP contribution in [0.2, 0.25) is 0 Å². The summed E-state index contributed by atoms with van der Waals surface area (Å²) < 4.78 is 5.43. The number of aryl methyl sites for hydroxylation is 1. The van der Waals surface area contributed by atoms with E-state index in [-0.39, 0.29) is 11.5 Å². The fourth-order valence-corrected chi connectivity index (χ4v) is 2.21. The fraction of sp³-hybridized carbons (Fsp3) is 0.133. The van der Waals surface area contributed by atoms with Crippen LogP contribution in [0.25, 0.3) is 22.2 Å². The van der Waals surface area contributed by atoms with E-state index in [1.54, 1.807) is 12.4 Å². The monoisotopic (exact) mass is 267 g/mol. The van der Waals surface area contributed by atoms with Gasteiger partial charge in [-0.05, 0) is 30.7 Å². The Morgan fingerprint density at radius 1 is 1.30 bits per heavy atom. The predicted molar refractivity (Wildman–Crippen MR) is 76.4 cm³/mol. The number of rotatable bonds is 2. The average Bonchev–Trinajstić information content (AvgIpc) is 2.75. The number of nitrogen functional groups attached to an aromatic ring is 1. The Labute approximate surface area is 115 Å². The summed E-state index contributed by atoms with van der Waals surface area (Å²) in [6, 6.07) is 5.70. The van der Waals surface area contributed by atoms with Gasteiger partial charge in [-0.3, -0.25) is 9.78 Å². The zero-order valence-electron chi connectivity index (χ0n) is 11.2. The van der Waals surface area contributed by atoms with Crippen LogP contribution in [0.15, 0.2) is 35.0 Å². The molecule has 3 rings (SSSR count). The third-order valence-corrected chi connectivity index (χ3v) is 3.22. The minimum absolute atomic E-state index is 0.166. The Hall–Kier alpha value is -2.69. The highest BCUT2D eigenvalue weighted by molar-refractivity contribution is 6.05. The number of pyridine rings is 2. The molecule has 0 atom stereocenters. The van der Waals surface area contributed by atoms with Crippen molar-refractivity contribution in [3.63, 3.8) is 0 Å². The molecule has 0 saturated heterocycles. The standard InChI is InChI=1S/C15H13N3O2/c1-8-11(10-3-5-17-6-4-10)7-12-13(16)14(9(2)19)20-15(12)18-8/h3-7H,16H2,1-2H3. The molecule has 0 saturated carbocycles. The number of ketones is 1. The van der Waals surface area contributed by atoms with Crippen LogP contribution in [0.5, 0.6) is 0 Å². The molecule has 0 aliphatic carbocycles. The molecule has 3 aromatic heterocycles. The average molecular weight is 267 g/mol. The van der Waals surface area contributed by atoms with Gasteiger partial charge in [-0.1, -0.05) is 0 Å². The molecule has 3 aromatic rings. The fourth-order valence-electron chi connectivity index (χ4n) is 2.21. The number of nitrogens with two attached hydrogens (primary N) is 1. The molecule has 0 aliphatic rings. The van der Waals surface area contributed by atoms with Crippen molar-refractivity contribution in [1.82, 2.24) is 9.97 Å². The molecule has 5 heteroatoms. The maximum atomic E-state index is 11.5. The molecule has 0 aromatic carbocycles. The Bertz CT molecular complexity index is 807. The first-order chi connectivity index (χ1) is 9.58. The van der Waals surface area contributed by atoms with Crippen LogP contribution >= 0.6 is 0 Å². The second-order valence-corrected chi connectivity index (χ2v) is 4.61. The maximum absolute atomic E-state index is 11.5. The number of hydrogen-bond acceptors (Lipinski definition) is 5. The van der Waals surface area contributed by atoms with Gasteiger partial charge in [0.2, 0.25) is 5.71 Å². The van der Waals surface area contributed by atoms with Gasteiger partial charge in [-0.2, -0.15) is 0 Å². The number of furan rings is 1. The van der Waals surface area contributed by atoms with Crippen LogP contribution in [0.3, 0.4) is 0 Å². The molecular weight excluding hydrogens is 254 g/mol. The summed E-state index contributed by atoms with van der Waals surface area (Å²) in [5, 5.41) is 0.660. The topological polar surface area (TPSA) is 82.0 Å². The molecule has 100 valence electrons. The van der Waals surface area contributed by atoms with E-state index in [1.165, 1.54) is 6.92 Å². The Morgan fingerprint density at radius 2 is 2.00 bits per heavy atom. The van der Waals surface area contributed by atoms with Gasteiger partial charge < -0.3 is 10.2 Å². The minimum atomic E-state index is -0.205. The van der Waals surface area contributed by atoms with E-state index in [2.05, 4.69) is 9.97 Å². The van der Waals surface area contributed by atoms with Crippen LogP contribution in [0, 0.1) is 6.92 Å². The lowest BCUT2D eigenvalue weighted by molar-refractivity contribution is 0.0990. The first-order valence-corrected chi connectivity index (χ1v) is 6.19. The highest BCUT2D eigenvalue weighted by Crippen LogP contribution is 2.32. The summed E-state index contributed by atoms with van der Waals surface area (Å²) >= 11 is 0. The summed E-state index contributed by atoms with van der Waals surface area (Å²) in [6.45, 7) is 3.31. The number of Topliss-reactive ketones (excluding diaryl/α,β-unsaturated/α-hetero) is 1. The second kappa shape index (κ2) is 4.45. The number of nitrogens with zero attached hydrogens (tertiary/aromatic N) is 2. The third kappa shape index (κ3) is 1.84. The number of carbonyl (C=O) groups excluding carboxylic acids is 1. The second-order valence-electron chi connectivity index (χ2n) is 4.61. The van der Waals surface area contributed by atoms with Crippen molar-refractivity contribution in [2.24, 2.45) is 0 Å². The van der Waals surface area contributed by atoms with Crippen molar-refractivity contribution >= 4 is 22.6 Å². The van der Waals surface area contributed by atoms with Crippen LogP contribution < -0.4 is 5.73 Å². The number of aromatic nitrogens is 2. The summed E-state index contributed by atoms with van der Waals surface area (Å²) in [5.74, 6) is -0.0395. The lowest BCUT2D eigenvalue weighted by atomic mass is 10.0. The molecule has 20 heavy (non-hydrogen) atoms. The molecule has 3 heterocycles. The quantitative estimate of drug-likeness (QED) is 0.722. The van der Waals surface area contributed by atoms with Crippen molar-refractivity contribution in [1.29, 1.82) is 0 Å². The highest BCUT2D eigenvalue weighted by Gasteiger charge is 2.18. The van der Waals surface area contributed by atoms with Crippen molar-refractivity contribution in [2.75, 3.05) is 5.73 Å². The van der Waals surface area contributed by atoms with Gasteiger partial charge in [0.1, 0.15) is 0 Å². The summed E-state index contributed by atoms with van der Waals surface area (Å²) in [5.41, 5.74) is 9.46. The molecule has 0 fully saturated rings. The van der Waals surface area contributed by atoms with Gasteiger partial charge in [0.05, 0.1) is 11.1 Å². The lowest BCUT2D eigenvalue weighted by Gasteiger charge is -2.04. The maximum Gasteiger partial charge on any atom is 0.229 e. The summed E-state index contributed by atoms with van der Waals surface area (Å²) in [6.07, 6.45) is 3.44. The zero-order chi connectivity index (χ0) is 14.3. The van der Waals surface area contributed by atoms with E-state index >= 15 is 0 Å².